The molecule has 0 unspecified atom stereocenters. The standard InChI is InChI=1S/C19H13F3N6O/c20-19(21,22)16-6-9-28(27-16)14-3-1-2-13(10-14)18(29)24-17-11-15(25-26-17)12-4-7-23-8-5-12/h1-11H,(H2,24,25,26,29). The highest BCUT2D eigenvalue weighted by molar-refractivity contribution is 6.04. The number of hydrogen-bond donors (Lipinski definition) is 2. The number of aromatic amines is 1. The highest BCUT2D eigenvalue weighted by Gasteiger charge is 2.33. The van der Waals surface area contributed by atoms with Crippen LogP contribution in [0.15, 0.2) is 67.1 Å². The summed E-state index contributed by atoms with van der Waals surface area (Å²) in [5.41, 5.74) is 1.13. The topological polar surface area (TPSA) is 88.5 Å². The van der Waals surface area contributed by atoms with E-state index in [2.05, 4.69) is 25.6 Å². The molecule has 0 aliphatic heterocycles. The van der Waals surface area contributed by atoms with Crippen molar-refractivity contribution in [1.29, 1.82) is 0 Å². The number of benzene rings is 1. The molecule has 1 amide bonds. The van der Waals surface area contributed by atoms with Crippen molar-refractivity contribution in [3.63, 3.8) is 0 Å². The molecular weight excluding hydrogens is 385 g/mol. The highest BCUT2D eigenvalue weighted by atomic mass is 19.4. The maximum Gasteiger partial charge on any atom is 0.435 e. The van der Waals surface area contributed by atoms with Gasteiger partial charge in [0, 0.05) is 35.8 Å². The lowest BCUT2D eigenvalue weighted by Gasteiger charge is -2.06. The maximum atomic E-state index is 12.7. The number of aromatic nitrogens is 5. The number of H-pyrrole nitrogens is 1. The van der Waals surface area contributed by atoms with Crippen LogP contribution in [-0.4, -0.2) is 30.9 Å². The number of hydrogen-bond acceptors (Lipinski definition) is 4. The molecule has 4 aromatic rings. The Bertz CT molecular complexity index is 1150. The first kappa shape index (κ1) is 18.4. The molecule has 0 spiro atoms. The summed E-state index contributed by atoms with van der Waals surface area (Å²) in [6.07, 6.45) is -0.0694. The highest BCUT2D eigenvalue weighted by Crippen LogP contribution is 2.28. The van der Waals surface area contributed by atoms with Crippen molar-refractivity contribution in [2.75, 3.05) is 5.32 Å². The Morgan fingerprint density at radius 3 is 2.59 bits per heavy atom. The third-order valence-electron chi connectivity index (χ3n) is 4.06. The minimum Gasteiger partial charge on any atom is -0.305 e. The Kier molecular flexibility index (Phi) is 4.59. The summed E-state index contributed by atoms with van der Waals surface area (Å²) in [7, 11) is 0. The van der Waals surface area contributed by atoms with E-state index in [4.69, 9.17) is 0 Å². The zero-order chi connectivity index (χ0) is 20.4. The number of carbonyl (C=O) groups excluding carboxylic acids is 1. The summed E-state index contributed by atoms with van der Waals surface area (Å²) in [5.74, 6) is -0.145. The molecular formula is C19H13F3N6O. The summed E-state index contributed by atoms with van der Waals surface area (Å²) in [6.45, 7) is 0. The van der Waals surface area contributed by atoms with Gasteiger partial charge in [0.15, 0.2) is 11.5 Å². The molecule has 0 fully saturated rings. The van der Waals surface area contributed by atoms with Crippen molar-refractivity contribution in [3.8, 4) is 16.9 Å². The van der Waals surface area contributed by atoms with Gasteiger partial charge in [-0.2, -0.15) is 23.4 Å². The Morgan fingerprint density at radius 1 is 1.07 bits per heavy atom. The van der Waals surface area contributed by atoms with E-state index in [-0.39, 0.29) is 5.56 Å². The summed E-state index contributed by atoms with van der Waals surface area (Å²) < 4.78 is 39.3. The smallest absolute Gasteiger partial charge is 0.305 e. The molecule has 4 rings (SSSR count). The number of rotatable bonds is 4. The first-order chi connectivity index (χ1) is 13.9. The minimum atomic E-state index is -4.54. The van der Waals surface area contributed by atoms with Crippen LogP contribution in [0.4, 0.5) is 19.0 Å². The van der Waals surface area contributed by atoms with Gasteiger partial charge in [-0.3, -0.25) is 14.9 Å². The van der Waals surface area contributed by atoms with Gasteiger partial charge in [-0.15, -0.1) is 0 Å². The molecule has 0 bridgehead atoms. The number of alkyl halides is 3. The number of amides is 1. The number of nitrogens with zero attached hydrogens (tertiary/aromatic N) is 4. The molecule has 0 radical (unpaired) electrons. The van der Waals surface area contributed by atoms with E-state index in [1.165, 1.54) is 12.3 Å². The Hall–Kier alpha value is -3.95. The first-order valence-corrected chi connectivity index (χ1v) is 8.40. The van der Waals surface area contributed by atoms with Crippen LogP contribution in [0, 0.1) is 0 Å². The van der Waals surface area contributed by atoms with Crippen LogP contribution < -0.4 is 5.32 Å². The van der Waals surface area contributed by atoms with Crippen LogP contribution >= 0.6 is 0 Å². The van der Waals surface area contributed by atoms with Gasteiger partial charge in [0.25, 0.3) is 5.91 Å². The van der Waals surface area contributed by atoms with E-state index >= 15 is 0 Å². The van der Waals surface area contributed by atoms with Crippen molar-refractivity contribution in [1.82, 2.24) is 25.0 Å². The molecule has 1 aromatic carbocycles. The summed E-state index contributed by atoms with van der Waals surface area (Å²) in [5, 5.41) is 13.0. The molecule has 10 heteroatoms. The van der Waals surface area contributed by atoms with Crippen LogP contribution in [0.1, 0.15) is 16.1 Å². The summed E-state index contributed by atoms with van der Waals surface area (Å²) in [4.78, 5) is 16.5. The molecule has 0 atom stereocenters. The third-order valence-corrected chi connectivity index (χ3v) is 4.06. The molecule has 0 aliphatic rings. The summed E-state index contributed by atoms with van der Waals surface area (Å²) in [6, 6.07) is 12.2. The first-order valence-electron chi connectivity index (χ1n) is 8.40. The van der Waals surface area contributed by atoms with E-state index < -0.39 is 17.8 Å². The molecule has 7 nitrogen and oxygen atoms in total. The second kappa shape index (κ2) is 7.23. The van der Waals surface area contributed by atoms with Gasteiger partial charge in [-0.1, -0.05) is 6.07 Å². The molecule has 3 heterocycles. The fourth-order valence-corrected chi connectivity index (χ4v) is 2.66. The molecule has 0 saturated heterocycles. The molecule has 146 valence electrons. The fourth-order valence-electron chi connectivity index (χ4n) is 2.66. The van der Waals surface area contributed by atoms with Crippen molar-refractivity contribution in [3.05, 3.63) is 78.4 Å². The third kappa shape index (κ3) is 4.00. The van der Waals surface area contributed by atoms with Gasteiger partial charge in [-0.05, 0) is 36.4 Å². The van der Waals surface area contributed by atoms with Crippen molar-refractivity contribution >= 4 is 11.7 Å². The SMILES string of the molecule is O=C(Nc1cc(-c2ccncc2)[nH]n1)c1cccc(-n2ccc(C(F)(F)F)n2)c1. The Labute approximate surface area is 162 Å². The van der Waals surface area contributed by atoms with Gasteiger partial charge in [0.1, 0.15) is 0 Å². The molecule has 0 aliphatic carbocycles. The number of anilines is 1. The summed E-state index contributed by atoms with van der Waals surface area (Å²) >= 11 is 0. The van der Waals surface area contributed by atoms with E-state index in [1.807, 2.05) is 0 Å². The average molecular weight is 398 g/mol. The van der Waals surface area contributed by atoms with Crippen LogP contribution in [0.5, 0.6) is 0 Å². The lowest BCUT2D eigenvalue weighted by Crippen LogP contribution is -2.13. The minimum absolute atomic E-state index is 0.250. The number of carbonyl (C=O) groups is 1. The Balaban J connectivity index is 1.52. The van der Waals surface area contributed by atoms with Gasteiger partial charge in [0.2, 0.25) is 0 Å². The molecule has 29 heavy (non-hydrogen) atoms. The van der Waals surface area contributed by atoms with Crippen LogP contribution in [0.25, 0.3) is 16.9 Å². The van der Waals surface area contributed by atoms with Gasteiger partial charge in [0.05, 0.1) is 11.4 Å². The van der Waals surface area contributed by atoms with Crippen molar-refractivity contribution in [2.45, 2.75) is 6.18 Å². The lowest BCUT2D eigenvalue weighted by atomic mass is 10.2. The normalized spacial score (nSPS) is 11.4. The van der Waals surface area contributed by atoms with Crippen molar-refractivity contribution in [2.24, 2.45) is 0 Å². The van der Waals surface area contributed by atoms with Gasteiger partial charge >= 0.3 is 6.18 Å². The predicted octanol–water partition coefficient (Wildman–Crippen LogP) is 3.93. The second-order valence-corrected chi connectivity index (χ2v) is 6.05. The van der Waals surface area contributed by atoms with Crippen LogP contribution in [-0.2, 0) is 6.18 Å². The number of pyridine rings is 1. The zero-order valence-electron chi connectivity index (χ0n) is 14.7. The Morgan fingerprint density at radius 2 is 1.86 bits per heavy atom. The largest absolute Gasteiger partial charge is 0.435 e. The monoisotopic (exact) mass is 398 g/mol. The van der Waals surface area contributed by atoms with Gasteiger partial charge < -0.3 is 5.32 Å². The predicted molar refractivity (Wildman–Crippen MR) is 98.3 cm³/mol. The van der Waals surface area contributed by atoms with E-state index in [0.717, 1.165) is 16.3 Å². The van der Waals surface area contributed by atoms with E-state index in [1.54, 1.807) is 48.8 Å². The fraction of sp³-hybridized carbons (Fsp3) is 0.0526. The average Bonchev–Trinajstić information content (AvgIpc) is 3.38. The second-order valence-electron chi connectivity index (χ2n) is 6.05. The molecule has 2 N–H and O–H groups in total. The zero-order valence-corrected chi connectivity index (χ0v) is 14.7. The number of nitrogens with one attached hydrogen (secondary N) is 2. The van der Waals surface area contributed by atoms with E-state index in [0.29, 0.717) is 17.2 Å². The lowest BCUT2D eigenvalue weighted by molar-refractivity contribution is -0.141. The van der Waals surface area contributed by atoms with E-state index in [9.17, 15) is 18.0 Å². The maximum absolute atomic E-state index is 12.7. The quantitative estimate of drug-likeness (QED) is 0.545. The van der Waals surface area contributed by atoms with Crippen LogP contribution in [0.2, 0.25) is 0 Å². The number of halogens is 3. The van der Waals surface area contributed by atoms with Gasteiger partial charge in [-0.25, -0.2) is 4.68 Å². The molecule has 0 saturated carbocycles. The van der Waals surface area contributed by atoms with Crippen LogP contribution in [0.3, 0.4) is 0 Å². The molecule has 3 aromatic heterocycles. The van der Waals surface area contributed by atoms with Crippen molar-refractivity contribution < 1.29 is 18.0 Å².